The average Bonchev–Trinajstić information content (AvgIpc) is 2.80. The molecule has 0 N–H and O–H groups in total. The van der Waals surface area contributed by atoms with Gasteiger partial charge in [0.25, 0.3) is 0 Å². The Morgan fingerprint density at radius 3 is 2.86 bits per heavy atom. The maximum Gasteiger partial charge on any atom is 0.112 e. The van der Waals surface area contributed by atoms with Crippen LogP contribution in [0.15, 0.2) is 23.4 Å². The van der Waals surface area contributed by atoms with E-state index in [1.54, 1.807) is 0 Å². The molecule has 0 bridgehead atoms. The number of rotatable bonds is 3. The van der Waals surface area contributed by atoms with E-state index in [0.29, 0.717) is 17.8 Å². The van der Waals surface area contributed by atoms with Gasteiger partial charge in [-0.05, 0) is 44.2 Å². The van der Waals surface area contributed by atoms with Gasteiger partial charge in [-0.25, -0.2) is 0 Å². The molecule has 0 saturated carbocycles. The number of aromatic nitrogens is 1. The molecule has 0 spiro atoms. The topological polar surface area (TPSA) is 37.7 Å². The molecule has 4 nitrogen and oxygen atoms in total. The van der Waals surface area contributed by atoms with Crippen molar-refractivity contribution in [1.29, 1.82) is 0 Å². The normalized spacial score (nSPS) is 30.3. The second kappa shape index (κ2) is 6.67. The van der Waals surface area contributed by atoms with Crippen LogP contribution in [0, 0.1) is 18.8 Å². The number of alkyl halides is 1. The maximum absolute atomic E-state index is 5.69. The molecular formula is C17H24BrN3O. The highest BCUT2D eigenvalue weighted by Gasteiger charge is 2.39. The van der Waals surface area contributed by atoms with Gasteiger partial charge in [-0.1, -0.05) is 22.0 Å². The molecule has 4 atom stereocenters. The number of ether oxygens (including phenoxy) is 1. The van der Waals surface area contributed by atoms with E-state index in [4.69, 9.17) is 9.72 Å². The zero-order valence-electron chi connectivity index (χ0n) is 13.5. The van der Waals surface area contributed by atoms with Crippen molar-refractivity contribution in [1.82, 2.24) is 9.99 Å². The third-order valence-electron chi connectivity index (χ3n) is 4.91. The Morgan fingerprint density at radius 2 is 2.23 bits per heavy atom. The average molecular weight is 366 g/mol. The predicted octanol–water partition coefficient (Wildman–Crippen LogP) is 3.56. The van der Waals surface area contributed by atoms with Crippen molar-refractivity contribution in [2.75, 3.05) is 20.2 Å². The fourth-order valence-electron chi connectivity index (χ4n) is 3.86. The Hall–Kier alpha value is -0.940. The summed E-state index contributed by atoms with van der Waals surface area (Å²) in [4.78, 5) is 4.75. The summed E-state index contributed by atoms with van der Waals surface area (Å²) in [6.07, 6.45) is 4.05. The zero-order valence-corrected chi connectivity index (χ0v) is 15.1. The van der Waals surface area contributed by atoms with Crippen molar-refractivity contribution in [3.05, 3.63) is 29.6 Å². The number of hydrazone groups is 1. The van der Waals surface area contributed by atoms with Crippen LogP contribution in [0.25, 0.3) is 0 Å². The van der Waals surface area contributed by atoms with Crippen molar-refractivity contribution >= 4 is 21.6 Å². The van der Waals surface area contributed by atoms with Crippen LogP contribution in [0.2, 0.25) is 0 Å². The smallest absolute Gasteiger partial charge is 0.112 e. The van der Waals surface area contributed by atoms with Crippen LogP contribution in [0.1, 0.15) is 36.9 Å². The fraction of sp³-hybridized carbons (Fsp3) is 0.647. The summed E-state index contributed by atoms with van der Waals surface area (Å²) in [7, 11) is 2.06. The molecule has 0 aromatic carbocycles. The van der Waals surface area contributed by atoms with Gasteiger partial charge in [0.2, 0.25) is 0 Å². The minimum absolute atomic E-state index is 0.161. The molecule has 3 rings (SSSR count). The van der Waals surface area contributed by atoms with Gasteiger partial charge < -0.3 is 4.74 Å². The number of hydrogen-bond acceptors (Lipinski definition) is 4. The van der Waals surface area contributed by atoms with E-state index in [-0.39, 0.29) is 5.01 Å². The maximum atomic E-state index is 5.69. The van der Waals surface area contributed by atoms with E-state index in [0.717, 1.165) is 26.0 Å². The Labute approximate surface area is 141 Å². The third kappa shape index (κ3) is 3.20. The Morgan fingerprint density at radius 1 is 1.41 bits per heavy atom. The fourth-order valence-corrected chi connectivity index (χ4v) is 4.53. The number of aryl methyl sites for hydroxylation is 1. The second-order valence-corrected chi connectivity index (χ2v) is 7.51. The van der Waals surface area contributed by atoms with Crippen LogP contribution in [-0.2, 0) is 4.74 Å². The molecule has 22 heavy (non-hydrogen) atoms. The van der Waals surface area contributed by atoms with Crippen LogP contribution < -0.4 is 0 Å². The molecule has 1 fully saturated rings. The van der Waals surface area contributed by atoms with Gasteiger partial charge in [0.05, 0.1) is 0 Å². The molecule has 3 heterocycles. The van der Waals surface area contributed by atoms with Gasteiger partial charge in [0.15, 0.2) is 0 Å². The lowest BCUT2D eigenvalue weighted by molar-refractivity contribution is 0.0354. The monoisotopic (exact) mass is 365 g/mol. The standard InChI is InChI=1S/C17H24BrN3O/c1-11-5-4-7-19-17(11)16(13-6-8-22-15(18)9-13)14-10-21(3)20-12(14)2/h4-5,7,13-16H,6,8-10H2,1-3H3. The van der Waals surface area contributed by atoms with E-state index < -0.39 is 0 Å². The SMILES string of the molecule is CC1=NN(C)CC1C(c1ncccc1C)C1CCOC(Br)C1. The quantitative estimate of drug-likeness (QED) is 0.768. The lowest BCUT2D eigenvalue weighted by Crippen LogP contribution is -2.34. The van der Waals surface area contributed by atoms with E-state index in [1.165, 1.54) is 17.0 Å². The first-order valence-corrected chi connectivity index (χ1v) is 8.91. The second-order valence-electron chi connectivity index (χ2n) is 6.48. The van der Waals surface area contributed by atoms with Crippen LogP contribution >= 0.6 is 15.9 Å². The summed E-state index contributed by atoms with van der Waals surface area (Å²) in [5.74, 6) is 1.44. The predicted molar refractivity (Wildman–Crippen MR) is 92.3 cm³/mol. The van der Waals surface area contributed by atoms with Crippen LogP contribution in [0.5, 0.6) is 0 Å². The molecule has 4 unspecified atom stereocenters. The minimum atomic E-state index is 0.161. The first-order chi connectivity index (χ1) is 10.6. The summed E-state index contributed by atoms with van der Waals surface area (Å²) in [5, 5.41) is 6.87. The minimum Gasteiger partial charge on any atom is -0.367 e. The molecule has 0 amide bonds. The number of nitrogens with zero attached hydrogens (tertiary/aromatic N) is 3. The number of halogens is 1. The van der Waals surface area contributed by atoms with Crippen LogP contribution in [-0.4, -0.2) is 40.9 Å². The highest BCUT2D eigenvalue weighted by Crippen LogP contribution is 2.42. The Bertz CT molecular complexity index is 563. The van der Waals surface area contributed by atoms with Crippen molar-refractivity contribution in [3.8, 4) is 0 Å². The lowest BCUT2D eigenvalue weighted by Gasteiger charge is -2.36. The van der Waals surface area contributed by atoms with E-state index >= 15 is 0 Å². The van der Waals surface area contributed by atoms with Gasteiger partial charge in [-0.2, -0.15) is 5.10 Å². The Kier molecular flexibility index (Phi) is 4.83. The van der Waals surface area contributed by atoms with Gasteiger partial charge >= 0.3 is 0 Å². The first kappa shape index (κ1) is 15.9. The molecule has 1 saturated heterocycles. The highest BCUT2D eigenvalue weighted by molar-refractivity contribution is 9.09. The number of hydrogen-bond donors (Lipinski definition) is 0. The summed E-state index contributed by atoms with van der Waals surface area (Å²) in [6, 6.07) is 4.19. The van der Waals surface area contributed by atoms with Crippen LogP contribution in [0.3, 0.4) is 0 Å². The summed E-state index contributed by atoms with van der Waals surface area (Å²) in [5.41, 5.74) is 3.76. The first-order valence-electron chi connectivity index (χ1n) is 7.99. The molecule has 5 heteroatoms. The largest absolute Gasteiger partial charge is 0.367 e. The van der Waals surface area contributed by atoms with Crippen LogP contribution in [0.4, 0.5) is 0 Å². The molecule has 0 radical (unpaired) electrons. The lowest BCUT2D eigenvalue weighted by atomic mass is 9.73. The number of pyridine rings is 1. The Balaban J connectivity index is 1.95. The van der Waals surface area contributed by atoms with E-state index in [1.807, 2.05) is 12.3 Å². The molecule has 1 aromatic heterocycles. The molecule has 120 valence electrons. The van der Waals surface area contributed by atoms with E-state index in [9.17, 15) is 0 Å². The summed E-state index contributed by atoms with van der Waals surface area (Å²) < 4.78 is 5.69. The summed E-state index contributed by atoms with van der Waals surface area (Å²) >= 11 is 3.64. The summed E-state index contributed by atoms with van der Waals surface area (Å²) in [6.45, 7) is 6.13. The molecule has 1 aromatic rings. The van der Waals surface area contributed by atoms with Crippen molar-refractivity contribution in [2.24, 2.45) is 16.9 Å². The molecule has 2 aliphatic heterocycles. The van der Waals surface area contributed by atoms with Crippen molar-refractivity contribution < 1.29 is 4.74 Å². The van der Waals surface area contributed by atoms with E-state index in [2.05, 4.69) is 53.0 Å². The zero-order chi connectivity index (χ0) is 15.7. The van der Waals surface area contributed by atoms with Gasteiger partial charge in [0, 0.05) is 49.6 Å². The molecule has 0 aliphatic carbocycles. The van der Waals surface area contributed by atoms with Gasteiger partial charge in [0.1, 0.15) is 5.01 Å². The van der Waals surface area contributed by atoms with Crippen molar-refractivity contribution in [2.45, 2.75) is 37.6 Å². The third-order valence-corrected chi connectivity index (χ3v) is 5.55. The van der Waals surface area contributed by atoms with Crippen molar-refractivity contribution in [3.63, 3.8) is 0 Å². The van der Waals surface area contributed by atoms with Gasteiger partial charge in [-0.3, -0.25) is 9.99 Å². The molecular weight excluding hydrogens is 342 g/mol. The molecule has 2 aliphatic rings. The highest BCUT2D eigenvalue weighted by atomic mass is 79.9. The van der Waals surface area contributed by atoms with Gasteiger partial charge in [-0.15, -0.1) is 0 Å².